The van der Waals surface area contributed by atoms with E-state index in [1.807, 2.05) is 6.92 Å². The molecule has 0 aliphatic carbocycles. The minimum absolute atomic E-state index is 0.0558. The third-order valence-electron chi connectivity index (χ3n) is 4.60. The van der Waals surface area contributed by atoms with E-state index in [4.69, 9.17) is 0 Å². The number of nitrogens with zero attached hydrogens (tertiary/aromatic N) is 1. The van der Waals surface area contributed by atoms with Crippen molar-refractivity contribution < 1.29 is 17.6 Å². The van der Waals surface area contributed by atoms with E-state index in [1.54, 1.807) is 0 Å². The summed E-state index contributed by atoms with van der Waals surface area (Å²) in [5.41, 5.74) is -0.478. The van der Waals surface area contributed by atoms with E-state index >= 15 is 0 Å². The van der Waals surface area contributed by atoms with Crippen molar-refractivity contribution in [1.82, 2.24) is 10.2 Å². The third-order valence-corrected chi connectivity index (χ3v) is 6.33. The molecule has 134 valence electrons. The number of halogens is 1. The van der Waals surface area contributed by atoms with Crippen LogP contribution in [-0.2, 0) is 14.6 Å². The van der Waals surface area contributed by atoms with Crippen LogP contribution in [0.2, 0.25) is 0 Å². The summed E-state index contributed by atoms with van der Waals surface area (Å²) in [4.78, 5) is 14.8. The van der Waals surface area contributed by atoms with E-state index in [0.717, 1.165) is 38.1 Å². The van der Waals surface area contributed by atoms with Crippen molar-refractivity contribution in [2.75, 3.05) is 31.9 Å². The maximum Gasteiger partial charge on any atom is 0.227 e. The molecule has 1 aromatic carbocycles. The van der Waals surface area contributed by atoms with Gasteiger partial charge in [0.25, 0.3) is 0 Å². The van der Waals surface area contributed by atoms with Crippen molar-refractivity contribution in [3.8, 4) is 0 Å². The molecule has 1 N–H and O–H groups in total. The Kier molecular flexibility index (Phi) is 5.98. The Morgan fingerprint density at radius 2 is 2.00 bits per heavy atom. The van der Waals surface area contributed by atoms with Gasteiger partial charge in [-0.05, 0) is 57.1 Å². The molecule has 24 heavy (non-hydrogen) atoms. The molecule has 0 radical (unpaired) electrons. The fraction of sp³-hybridized carbons (Fsp3) is 0.588. The molecule has 1 fully saturated rings. The number of sulfone groups is 1. The van der Waals surface area contributed by atoms with Crippen LogP contribution in [0.5, 0.6) is 0 Å². The average molecular weight is 356 g/mol. The molecule has 0 spiro atoms. The summed E-state index contributed by atoms with van der Waals surface area (Å²) in [5.74, 6) is -0.777. The molecule has 2 rings (SSSR count). The highest BCUT2D eigenvalue weighted by Crippen LogP contribution is 2.29. The highest BCUT2D eigenvalue weighted by molar-refractivity contribution is 7.91. The first-order valence-electron chi connectivity index (χ1n) is 8.26. The van der Waals surface area contributed by atoms with Gasteiger partial charge in [-0.3, -0.25) is 4.79 Å². The highest BCUT2D eigenvalue weighted by Gasteiger charge is 2.37. The Labute approximate surface area is 143 Å². The predicted molar refractivity (Wildman–Crippen MR) is 90.9 cm³/mol. The molecule has 1 saturated heterocycles. The molecule has 0 unspecified atom stereocenters. The number of hydrogen-bond donors (Lipinski definition) is 1. The van der Waals surface area contributed by atoms with Gasteiger partial charge in [-0.1, -0.05) is 6.92 Å². The van der Waals surface area contributed by atoms with Crippen LogP contribution in [-0.4, -0.2) is 51.2 Å². The van der Waals surface area contributed by atoms with Gasteiger partial charge in [-0.2, -0.15) is 0 Å². The number of piperidine rings is 1. The number of carbonyl (C=O) groups excluding carboxylic acids is 1. The van der Waals surface area contributed by atoms with Gasteiger partial charge >= 0.3 is 0 Å². The minimum Gasteiger partial charge on any atom is -0.355 e. The summed E-state index contributed by atoms with van der Waals surface area (Å²) in [7, 11) is -3.53. The fourth-order valence-electron chi connectivity index (χ4n) is 3.07. The second-order valence-corrected chi connectivity index (χ2v) is 8.67. The van der Waals surface area contributed by atoms with Gasteiger partial charge in [-0.25, -0.2) is 12.8 Å². The number of rotatable bonds is 6. The van der Waals surface area contributed by atoms with Crippen LogP contribution in [0.4, 0.5) is 4.39 Å². The van der Waals surface area contributed by atoms with E-state index in [9.17, 15) is 17.6 Å². The zero-order chi connectivity index (χ0) is 17.8. The molecular formula is C17H25FN2O3S. The summed E-state index contributed by atoms with van der Waals surface area (Å²) in [6.07, 6.45) is 1.77. The number of carbonyl (C=O) groups is 1. The molecule has 1 atom stereocenters. The van der Waals surface area contributed by atoms with Gasteiger partial charge in [0.1, 0.15) is 5.82 Å². The normalized spacial score (nSPS) is 22.3. The maximum absolute atomic E-state index is 12.9. The number of hydrogen-bond acceptors (Lipinski definition) is 4. The quantitative estimate of drug-likeness (QED) is 0.790. The van der Waals surface area contributed by atoms with Crippen LogP contribution in [0.25, 0.3) is 0 Å². The summed E-state index contributed by atoms with van der Waals surface area (Å²) >= 11 is 0. The van der Waals surface area contributed by atoms with Gasteiger partial charge < -0.3 is 10.2 Å². The first-order chi connectivity index (χ1) is 11.3. The summed E-state index contributed by atoms with van der Waals surface area (Å²) in [6.45, 7) is 6.65. The molecule has 1 amide bonds. The molecule has 1 heterocycles. The van der Waals surface area contributed by atoms with Crippen molar-refractivity contribution in [2.45, 2.75) is 31.6 Å². The molecule has 0 aromatic heterocycles. The van der Waals surface area contributed by atoms with Crippen LogP contribution in [0, 0.1) is 11.2 Å². The summed E-state index contributed by atoms with van der Waals surface area (Å²) in [6, 6.07) is 4.73. The lowest BCUT2D eigenvalue weighted by atomic mass is 9.81. The Hall–Kier alpha value is -1.47. The molecule has 0 saturated carbocycles. The number of likely N-dealkylation sites (tertiary alicyclic amines) is 1. The van der Waals surface area contributed by atoms with E-state index in [2.05, 4.69) is 17.1 Å². The zero-order valence-corrected chi connectivity index (χ0v) is 15.0. The minimum atomic E-state index is -3.53. The Morgan fingerprint density at radius 3 is 2.62 bits per heavy atom. The van der Waals surface area contributed by atoms with Gasteiger partial charge in [0.15, 0.2) is 9.84 Å². The zero-order valence-electron chi connectivity index (χ0n) is 14.2. The molecule has 1 aromatic rings. The van der Waals surface area contributed by atoms with Crippen LogP contribution < -0.4 is 5.32 Å². The fourth-order valence-corrected chi connectivity index (χ4v) is 4.23. The molecule has 1 aliphatic heterocycles. The molecule has 7 heteroatoms. The number of amides is 1. The third kappa shape index (κ3) is 4.54. The summed E-state index contributed by atoms with van der Waals surface area (Å²) in [5, 5.41) is 2.76. The van der Waals surface area contributed by atoms with Crippen molar-refractivity contribution >= 4 is 15.7 Å². The van der Waals surface area contributed by atoms with E-state index < -0.39 is 21.1 Å². The first kappa shape index (κ1) is 18.9. The molecule has 5 nitrogen and oxygen atoms in total. The van der Waals surface area contributed by atoms with Crippen LogP contribution in [0.1, 0.15) is 26.7 Å². The van der Waals surface area contributed by atoms with Crippen LogP contribution >= 0.6 is 0 Å². The second kappa shape index (κ2) is 7.61. The second-order valence-electron chi connectivity index (χ2n) is 6.56. The van der Waals surface area contributed by atoms with E-state index in [0.29, 0.717) is 6.54 Å². The smallest absolute Gasteiger partial charge is 0.227 e. The molecule has 1 aliphatic rings. The van der Waals surface area contributed by atoms with Gasteiger partial charge in [0, 0.05) is 13.1 Å². The van der Waals surface area contributed by atoms with Crippen LogP contribution in [0.3, 0.4) is 0 Å². The van der Waals surface area contributed by atoms with Crippen molar-refractivity contribution in [3.05, 3.63) is 30.1 Å². The van der Waals surface area contributed by atoms with Gasteiger partial charge in [-0.15, -0.1) is 0 Å². The summed E-state index contributed by atoms with van der Waals surface area (Å²) < 4.78 is 37.3. The Bertz CT molecular complexity index is 676. The SMILES string of the molecule is CCN1CCC[C@@](C)(C(=O)NCCS(=O)(=O)c2ccc(F)cc2)C1. The highest BCUT2D eigenvalue weighted by atomic mass is 32.2. The van der Waals surface area contributed by atoms with Gasteiger partial charge in [0.2, 0.25) is 5.91 Å². The predicted octanol–water partition coefficient (Wildman–Crippen LogP) is 1.84. The Balaban J connectivity index is 1.91. The van der Waals surface area contributed by atoms with E-state index in [1.165, 1.54) is 12.1 Å². The van der Waals surface area contributed by atoms with Crippen molar-refractivity contribution in [3.63, 3.8) is 0 Å². The number of benzene rings is 1. The lowest BCUT2D eigenvalue weighted by molar-refractivity contribution is -0.133. The van der Waals surface area contributed by atoms with E-state index in [-0.39, 0.29) is 23.1 Å². The Morgan fingerprint density at radius 1 is 1.33 bits per heavy atom. The molecular weight excluding hydrogens is 331 g/mol. The molecule has 0 bridgehead atoms. The maximum atomic E-state index is 12.9. The largest absolute Gasteiger partial charge is 0.355 e. The first-order valence-corrected chi connectivity index (χ1v) is 9.91. The lowest BCUT2D eigenvalue weighted by Crippen LogP contribution is -2.50. The van der Waals surface area contributed by atoms with Crippen LogP contribution in [0.15, 0.2) is 29.2 Å². The lowest BCUT2D eigenvalue weighted by Gasteiger charge is -2.38. The van der Waals surface area contributed by atoms with Crippen molar-refractivity contribution in [1.29, 1.82) is 0 Å². The topological polar surface area (TPSA) is 66.5 Å². The van der Waals surface area contributed by atoms with Crippen molar-refractivity contribution in [2.24, 2.45) is 5.41 Å². The number of nitrogens with one attached hydrogen (secondary N) is 1. The monoisotopic (exact) mass is 356 g/mol. The average Bonchev–Trinajstić information content (AvgIpc) is 2.55. The van der Waals surface area contributed by atoms with Gasteiger partial charge in [0.05, 0.1) is 16.1 Å². The standard InChI is InChI=1S/C17H25FN2O3S/c1-3-20-11-4-9-17(2,13-20)16(21)19-10-12-24(22,23)15-7-5-14(18)6-8-15/h5-8H,3-4,9-13H2,1-2H3,(H,19,21)/t17-/m1/s1.